The first-order valence-electron chi connectivity index (χ1n) is 6.70. The van der Waals surface area contributed by atoms with Gasteiger partial charge in [-0.15, -0.1) is 0 Å². The van der Waals surface area contributed by atoms with Gasteiger partial charge in [-0.05, 0) is 13.8 Å². The van der Waals surface area contributed by atoms with E-state index in [-0.39, 0.29) is 23.8 Å². The van der Waals surface area contributed by atoms with E-state index >= 15 is 0 Å². The molecule has 0 aromatic carbocycles. The number of ether oxygens (including phenoxy) is 2. The van der Waals surface area contributed by atoms with Crippen molar-refractivity contribution in [2.75, 3.05) is 40.0 Å². The minimum Gasteiger partial charge on any atom is -0.382 e. The van der Waals surface area contributed by atoms with Crippen molar-refractivity contribution in [2.45, 2.75) is 26.3 Å². The minimum absolute atomic E-state index is 0.0616. The van der Waals surface area contributed by atoms with Crippen molar-refractivity contribution >= 4 is 11.8 Å². The van der Waals surface area contributed by atoms with Gasteiger partial charge in [-0.3, -0.25) is 9.59 Å². The van der Waals surface area contributed by atoms with Gasteiger partial charge >= 0.3 is 0 Å². The van der Waals surface area contributed by atoms with Crippen molar-refractivity contribution in [2.24, 2.45) is 5.92 Å². The molecule has 0 radical (unpaired) electrons. The molecule has 0 aromatic heterocycles. The summed E-state index contributed by atoms with van der Waals surface area (Å²) < 4.78 is 10.1. The summed E-state index contributed by atoms with van der Waals surface area (Å²) in [6, 6.07) is 0.155. The number of carbonyl (C=O) groups is 2. The van der Waals surface area contributed by atoms with Crippen LogP contribution in [0, 0.1) is 5.92 Å². The van der Waals surface area contributed by atoms with E-state index in [0.29, 0.717) is 39.3 Å². The predicted molar refractivity (Wildman–Crippen MR) is 70.7 cm³/mol. The number of likely N-dealkylation sites (tertiary alicyclic amines) is 1. The Kier molecular flexibility index (Phi) is 6.80. The lowest BCUT2D eigenvalue weighted by Crippen LogP contribution is -2.36. The summed E-state index contributed by atoms with van der Waals surface area (Å²) in [6.45, 7) is 6.44. The van der Waals surface area contributed by atoms with E-state index in [0.717, 1.165) is 0 Å². The van der Waals surface area contributed by atoms with Crippen LogP contribution in [-0.4, -0.2) is 62.8 Å². The first-order valence-corrected chi connectivity index (χ1v) is 6.70. The molecule has 1 atom stereocenters. The maximum absolute atomic E-state index is 11.9. The monoisotopic (exact) mass is 272 g/mol. The van der Waals surface area contributed by atoms with E-state index in [1.165, 1.54) is 0 Å². The molecule has 1 N–H and O–H groups in total. The maximum atomic E-state index is 11.9. The summed E-state index contributed by atoms with van der Waals surface area (Å²) in [7, 11) is 1.61. The topological polar surface area (TPSA) is 67.9 Å². The molecule has 1 aliphatic heterocycles. The first kappa shape index (κ1) is 15.9. The second-order valence-electron chi connectivity index (χ2n) is 4.94. The zero-order chi connectivity index (χ0) is 14.3. The molecule has 6 heteroatoms. The molecule has 19 heavy (non-hydrogen) atoms. The molecule has 1 rings (SSSR count). The number of nitrogens with one attached hydrogen (secondary N) is 1. The van der Waals surface area contributed by atoms with Crippen LogP contribution in [0.25, 0.3) is 0 Å². The van der Waals surface area contributed by atoms with E-state index in [9.17, 15) is 9.59 Å². The van der Waals surface area contributed by atoms with E-state index in [1.807, 2.05) is 13.8 Å². The van der Waals surface area contributed by atoms with Gasteiger partial charge in [-0.1, -0.05) is 0 Å². The van der Waals surface area contributed by atoms with Gasteiger partial charge in [0.05, 0.1) is 25.7 Å². The van der Waals surface area contributed by atoms with Crippen molar-refractivity contribution in [3.8, 4) is 0 Å². The van der Waals surface area contributed by atoms with Crippen LogP contribution < -0.4 is 5.32 Å². The van der Waals surface area contributed by atoms with Crippen LogP contribution >= 0.6 is 0 Å². The Bertz CT molecular complexity index is 307. The minimum atomic E-state index is -0.228. The third-order valence-corrected chi connectivity index (χ3v) is 3.13. The fourth-order valence-corrected chi connectivity index (χ4v) is 2.04. The van der Waals surface area contributed by atoms with Crippen LogP contribution in [0.3, 0.4) is 0 Å². The molecule has 0 saturated carbocycles. The van der Waals surface area contributed by atoms with Crippen molar-refractivity contribution in [3.05, 3.63) is 0 Å². The molecule has 1 saturated heterocycles. The number of amides is 2. The summed E-state index contributed by atoms with van der Waals surface area (Å²) in [4.78, 5) is 25.3. The van der Waals surface area contributed by atoms with Gasteiger partial charge < -0.3 is 19.7 Å². The highest BCUT2D eigenvalue weighted by molar-refractivity contribution is 5.89. The van der Waals surface area contributed by atoms with E-state index in [2.05, 4.69) is 5.32 Å². The highest BCUT2D eigenvalue weighted by Gasteiger charge is 2.35. The summed E-state index contributed by atoms with van der Waals surface area (Å²) in [5.41, 5.74) is 0. The Balaban J connectivity index is 2.19. The Morgan fingerprint density at radius 2 is 2.16 bits per heavy atom. The third-order valence-electron chi connectivity index (χ3n) is 3.13. The van der Waals surface area contributed by atoms with Crippen molar-refractivity contribution in [1.82, 2.24) is 10.2 Å². The molecule has 2 amide bonds. The van der Waals surface area contributed by atoms with Crippen LogP contribution in [-0.2, 0) is 19.1 Å². The fraction of sp³-hybridized carbons (Fsp3) is 0.846. The van der Waals surface area contributed by atoms with E-state index < -0.39 is 0 Å². The zero-order valence-electron chi connectivity index (χ0n) is 12.0. The number of carbonyl (C=O) groups excluding carboxylic acids is 2. The third kappa shape index (κ3) is 5.16. The molecule has 1 aliphatic rings. The molecule has 0 aliphatic carbocycles. The number of hydrogen-bond acceptors (Lipinski definition) is 4. The van der Waals surface area contributed by atoms with Crippen LogP contribution in [0.15, 0.2) is 0 Å². The molecule has 0 spiro atoms. The van der Waals surface area contributed by atoms with Crippen molar-refractivity contribution < 1.29 is 19.1 Å². The van der Waals surface area contributed by atoms with Gasteiger partial charge in [-0.25, -0.2) is 0 Å². The summed E-state index contributed by atoms with van der Waals surface area (Å²) >= 11 is 0. The molecule has 1 unspecified atom stereocenters. The summed E-state index contributed by atoms with van der Waals surface area (Å²) in [6.07, 6.45) is 0.314. The standard InChI is InChI=1S/C13H24N2O4/c1-10(2)15-9-11(8-12(15)16)13(17)14-4-5-19-7-6-18-3/h10-11H,4-9H2,1-3H3,(H,14,17). The molecule has 1 heterocycles. The SMILES string of the molecule is COCCOCCNC(=O)C1CC(=O)N(C(C)C)C1. The zero-order valence-corrected chi connectivity index (χ0v) is 12.0. The smallest absolute Gasteiger partial charge is 0.225 e. The highest BCUT2D eigenvalue weighted by Crippen LogP contribution is 2.19. The molecule has 0 bridgehead atoms. The van der Waals surface area contributed by atoms with Gasteiger partial charge in [0.15, 0.2) is 0 Å². The fourth-order valence-electron chi connectivity index (χ4n) is 2.04. The van der Waals surface area contributed by atoms with Gasteiger partial charge in [0, 0.05) is 32.7 Å². The lowest BCUT2D eigenvalue weighted by atomic mass is 10.1. The van der Waals surface area contributed by atoms with Gasteiger partial charge in [0.25, 0.3) is 0 Å². The second-order valence-corrected chi connectivity index (χ2v) is 4.94. The highest BCUT2D eigenvalue weighted by atomic mass is 16.5. The number of hydrogen-bond donors (Lipinski definition) is 1. The summed E-state index contributed by atoms with van der Waals surface area (Å²) in [5, 5.41) is 2.80. The Morgan fingerprint density at radius 1 is 1.42 bits per heavy atom. The average Bonchev–Trinajstić information content (AvgIpc) is 2.75. The Morgan fingerprint density at radius 3 is 2.74 bits per heavy atom. The van der Waals surface area contributed by atoms with E-state index in [4.69, 9.17) is 9.47 Å². The molecule has 1 fully saturated rings. The van der Waals surface area contributed by atoms with Gasteiger partial charge in [0.2, 0.25) is 11.8 Å². The lowest BCUT2D eigenvalue weighted by Gasteiger charge is -2.20. The Labute approximate surface area is 114 Å². The molecular formula is C13H24N2O4. The molecule has 6 nitrogen and oxygen atoms in total. The largest absolute Gasteiger partial charge is 0.382 e. The molecule has 110 valence electrons. The quantitative estimate of drug-likeness (QED) is 0.633. The maximum Gasteiger partial charge on any atom is 0.225 e. The van der Waals surface area contributed by atoms with Crippen molar-refractivity contribution in [1.29, 1.82) is 0 Å². The predicted octanol–water partition coefficient (Wildman–Crippen LogP) is 0.0225. The molecule has 0 aromatic rings. The number of rotatable bonds is 8. The van der Waals surface area contributed by atoms with Gasteiger partial charge in [0.1, 0.15) is 0 Å². The van der Waals surface area contributed by atoms with Crippen LogP contribution in [0.1, 0.15) is 20.3 Å². The van der Waals surface area contributed by atoms with E-state index in [1.54, 1.807) is 12.0 Å². The average molecular weight is 272 g/mol. The first-order chi connectivity index (χ1) is 9.06. The van der Waals surface area contributed by atoms with Crippen molar-refractivity contribution in [3.63, 3.8) is 0 Å². The molecular weight excluding hydrogens is 248 g/mol. The van der Waals surface area contributed by atoms with Gasteiger partial charge in [-0.2, -0.15) is 0 Å². The Hall–Kier alpha value is -1.14. The normalized spacial score (nSPS) is 19.3. The summed E-state index contributed by atoms with van der Waals surface area (Å²) in [5.74, 6) is -0.229. The number of nitrogens with zero attached hydrogens (tertiary/aromatic N) is 1. The number of methoxy groups -OCH3 is 1. The van der Waals surface area contributed by atoms with Crippen LogP contribution in [0.4, 0.5) is 0 Å². The second kappa shape index (κ2) is 8.12. The van der Waals surface area contributed by atoms with Crippen LogP contribution in [0.2, 0.25) is 0 Å². The lowest BCUT2D eigenvalue weighted by molar-refractivity contribution is -0.130. The van der Waals surface area contributed by atoms with Crippen LogP contribution in [0.5, 0.6) is 0 Å².